The quantitative estimate of drug-likeness (QED) is 0.601. The number of nitrogens with zero attached hydrogens (tertiary/aromatic N) is 3. The summed E-state index contributed by atoms with van der Waals surface area (Å²) in [5.74, 6) is -0.310. The number of fused-ring (bicyclic) bond motifs is 1. The van der Waals surface area contributed by atoms with Gasteiger partial charge in [-0.3, -0.25) is 4.98 Å². The highest BCUT2D eigenvalue weighted by molar-refractivity contribution is 5.93. The summed E-state index contributed by atoms with van der Waals surface area (Å²) >= 11 is 0. The van der Waals surface area contributed by atoms with Crippen molar-refractivity contribution in [3.8, 4) is 11.3 Å². The van der Waals surface area contributed by atoms with Gasteiger partial charge in [-0.15, -0.1) is 0 Å². The molecule has 0 amide bonds. The molecule has 4 rings (SSSR count). The molecule has 0 unspecified atom stereocenters. The van der Waals surface area contributed by atoms with E-state index >= 15 is 0 Å². The minimum Gasteiger partial charge on any atom is -0.355 e. The standard InChI is InChI=1S/C19H13FN4/c20-16-6-2-1-4-14(16)17-12-18(23-13-7-10-21-11-8-13)15-5-3-9-22-19(15)24-17/h1-12H,(H,21,22,23,24). The molecule has 5 heteroatoms. The maximum absolute atomic E-state index is 14.1. The average molecular weight is 316 g/mol. The van der Waals surface area contributed by atoms with Crippen molar-refractivity contribution in [3.05, 3.63) is 79.0 Å². The van der Waals surface area contributed by atoms with E-state index in [0.29, 0.717) is 16.9 Å². The summed E-state index contributed by atoms with van der Waals surface area (Å²) in [6, 6.07) is 15.9. The Morgan fingerprint density at radius 2 is 1.71 bits per heavy atom. The normalized spacial score (nSPS) is 10.7. The van der Waals surface area contributed by atoms with Crippen LogP contribution in [0.25, 0.3) is 22.3 Å². The van der Waals surface area contributed by atoms with Gasteiger partial charge in [-0.05, 0) is 42.5 Å². The lowest BCUT2D eigenvalue weighted by Crippen LogP contribution is -1.97. The van der Waals surface area contributed by atoms with Gasteiger partial charge in [-0.1, -0.05) is 12.1 Å². The lowest BCUT2D eigenvalue weighted by Gasteiger charge is -2.12. The molecule has 4 aromatic rings. The molecule has 0 radical (unpaired) electrons. The van der Waals surface area contributed by atoms with Crippen molar-refractivity contribution in [2.24, 2.45) is 0 Å². The predicted octanol–water partition coefficient (Wildman–Crippen LogP) is 4.57. The molecule has 0 aliphatic carbocycles. The minimum atomic E-state index is -0.310. The highest BCUT2D eigenvalue weighted by atomic mass is 19.1. The van der Waals surface area contributed by atoms with Crippen LogP contribution in [0.4, 0.5) is 15.8 Å². The van der Waals surface area contributed by atoms with Gasteiger partial charge < -0.3 is 5.32 Å². The summed E-state index contributed by atoms with van der Waals surface area (Å²) in [6.45, 7) is 0. The fraction of sp³-hybridized carbons (Fsp3) is 0. The molecule has 0 fully saturated rings. The number of pyridine rings is 3. The number of nitrogens with one attached hydrogen (secondary N) is 1. The van der Waals surface area contributed by atoms with Gasteiger partial charge >= 0.3 is 0 Å². The minimum absolute atomic E-state index is 0.310. The third-order valence-corrected chi connectivity index (χ3v) is 3.69. The van der Waals surface area contributed by atoms with Crippen molar-refractivity contribution in [2.45, 2.75) is 0 Å². The number of halogens is 1. The number of anilines is 2. The van der Waals surface area contributed by atoms with Crippen molar-refractivity contribution in [1.82, 2.24) is 15.0 Å². The molecule has 24 heavy (non-hydrogen) atoms. The van der Waals surface area contributed by atoms with Crippen LogP contribution >= 0.6 is 0 Å². The Kier molecular flexibility index (Phi) is 3.59. The third kappa shape index (κ3) is 2.67. The van der Waals surface area contributed by atoms with Gasteiger partial charge in [0, 0.05) is 35.2 Å². The van der Waals surface area contributed by atoms with Gasteiger partial charge in [-0.25, -0.2) is 14.4 Å². The van der Waals surface area contributed by atoms with Crippen LogP contribution in [0.5, 0.6) is 0 Å². The van der Waals surface area contributed by atoms with E-state index in [2.05, 4.69) is 20.3 Å². The van der Waals surface area contributed by atoms with Gasteiger partial charge in [0.05, 0.1) is 11.4 Å². The van der Waals surface area contributed by atoms with Crippen LogP contribution in [-0.4, -0.2) is 15.0 Å². The first-order valence-corrected chi connectivity index (χ1v) is 7.49. The number of hydrogen-bond acceptors (Lipinski definition) is 4. The zero-order chi connectivity index (χ0) is 16.4. The maximum atomic E-state index is 14.1. The Bertz CT molecular complexity index is 1000. The van der Waals surface area contributed by atoms with E-state index in [1.54, 1.807) is 36.8 Å². The molecule has 1 aromatic carbocycles. The first-order chi connectivity index (χ1) is 11.8. The van der Waals surface area contributed by atoms with Crippen molar-refractivity contribution < 1.29 is 4.39 Å². The number of aromatic nitrogens is 3. The largest absolute Gasteiger partial charge is 0.355 e. The Hall–Kier alpha value is -3.34. The molecular formula is C19H13FN4. The van der Waals surface area contributed by atoms with Crippen molar-refractivity contribution in [2.75, 3.05) is 5.32 Å². The van der Waals surface area contributed by atoms with Crippen molar-refractivity contribution in [1.29, 1.82) is 0 Å². The number of rotatable bonds is 3. The van der Waals surface area contributed by atoms with Gasteiger partial charge in [0.25, 0.3) is 0 Å². The van der Waals surface area contributed by atoms with Crippen LogP contribution in [-0.2, 0) is 0 Å². The predicted molar refractivity (Wildman–Crippen MR) is 92.5 cm³/mol. The lowest BCUT2D eigenvalue weighted by molar-refractivity contribution is 0.631. The van der Waals surface area contributed by atoms with Gasteiger partial charge in [0.2, 0.25) is 0 Å². The number of hydrogen-bond donors (Lipinski definition) is 1. The van der Waals surface area contributed by atoms with Crippen molar-refractivity contribution in [3.63, 3.8) is 0 Å². The van der Waals surface area contributed by atoms with E-state index in [-0.39, 0.29) is 5.82 Å². The highest BCUT2D eigenvalue weighted by Crippen LogP contribution is 2.30. The first-order valence-electron chi connectivity index (χ1n) is 7.49. The van der Waals surface area contributed by atoms with Crippen molar-refractivity contribution >= 4 is 22.4 Å². The molecule has 0 saturated heterocycles. The fourth-order valence-corrected chi connectivity index (χ4v) is 2.56. The van der Waals surface area contributed by atoms with Crippen LogP contribution in [0.2, 0.25) is 0 Å². The molecule has 0 atom stereocenters. The Morgan fingerprint density at radius 3 is 2.54 bits per heavy atom. The Morgan fingerprint density at radius 1 is 0.875 bits per heavy atom. The Labute approximate surface area is 138 Å². The molecule has 1 N–H and O–H groups in total. The van der Waals surface area contributed by atoms with E-state index in [1.807, 2.05) is 30.3 Å². The Balaban J connectivity index is 1.90. The molecular weight excluding hydrogens is 303 g/mol. The van der Waals surface area contributed by atoms with E-state index < -0.39 is 0 Å². The van der Waals surface area contributed by atoms with E-state index in [0.717, 1.165) is 16.8 Å². The number of benzene rings is 1. The van der Waals surface area contributed by atoms with Crippen LogP contribution in [0.15, 0.2) is 73.2 Å². The molecule has 0 aliphatic rings. The highest BCUT2D eigenvalue weighted by Gasteiger charge is 2.11. The average Bonchev–Trinajstić information content (AvgIpc) is 2.63. The second-order valence-corrected chi connectivity index (χ2v) is 5.27. The van der Waals surface area contributed by atoms with Gasteiger partial charge in [0.15, 0.2) is 5.65 Å². The van der Waals surface area contributed by atoms with Crippen LogP contribution in [0.1, 0.15) is 0 Å². The molecule has 0 aliphatic heterocycles. The molecule has 116 valence electrons. The van der Waals surface area contributed by atoms with Gasteiger partial charge in [0.1, 0.15) is 5.82 Å². The first kappa shape index (κ1) is 14.3. The smallest absolute Gasteiger partial charge is 0.161 e. The van der Waals surface area contributed by atoms with Crippen LogP contribution < -0.4 is 5.32 Å². The summed E-state index contributed by atoms with van der Waals surface area (Å²) in [6.07, 6.45) is 5.10. The second-order valence-electron chi connectivity index (χ2n) is 5.27. The fourth-order valence-electron chi connectivity index (χ4n) is 2.56. The third-order valence-electron chi connectivity index (χ3n) is 3.69. The SMILES string of the molecule is Fc1ccccc1-c1cc(Nc2ccncc2)c2cccnc2n1. The lowest BCUT2D eigenvalue weighted by atomic mass is 10.1. The maximum Gasteiger partial charge on any atom is 0.161 e. The van der Waals surface area contributed by atoms with Gasteiger partial charge in [-0.2, -0.15) is 0 Å². The van der Waals surface area contributed by atoms with Crippen LogP contribution in [0.3, 0.4) is 0 Å². The van der Waals surface area contributed by atoms with Crippen LogP contribution in [0, 0.1) is 5.82 Å². The second kappa shape index (κ2) is 6.04. The zero-order valence-corrected chi connectivity index (χ0v) is 12.6. The zero-order valence-electron chi connectivity index (χ0n) is 12.6. The molecule has 4 nitrogen and oxygen atoms in total. The molecule has 0 spiro atoms. The topological polar surface area (TPSA) is 50.7 Å². The summed E-state index contributed by atoms with van der Waals surface area (Å²) in [5, 5.41) is 4.20. The van der Waals surface area contributed by atoms with E-state index in [1.165, 1.54) is 6.07 Å². The molecule has 3 aromatic heterocycles. The molecule has 0 saturated carbocycles. The molecule has 3 heterocycles. The molecule has 0 bridgehead atoms. The van der Waals surface area contributed by atoms with E-state index in [4.69, 9.17) is 0 Å². The summed E-state index contributed by atoms with van der Waals surface area (Å²) in [4.78, 5) is 12.8. The summed E-state index contributed by atoms with van der Waals surface area (Å²) < 4.78 is 14.1. The van der Waals surface area contributed by atoms with E-state index in [9.17, 15) is 4.39 Å². The monoisotopic (exact) mass is 316 g/mol. The summed E-state index contributed by atoms with van der Waals surface area (Å²) in [5.41, 5.74) is 3.26. The summed E-state index contributed by atoms with van der Waals surface area (Å²) in [7, 11) is 0.